The minimum Gasteiger partial charge on any atom is -0.497 e. The third-order valence-corrected chi connectivity index (χ3v) is 5.07. The fraction of sp³-hybridized carbons (Fsp3) is 0.240. The van der Waals surface area contributed by atoms with E-state index < -0.39 is 5.82 Å². The largest absolute Gasteiger partial charge is 0.497 e. The summed E-state index contributed by atoms with van der Waals surface area (Å²) in [5.41, 5.74) is 1.37. The second-order valence-electron chi connectivity index (χ2n) is 8.62. The van der Waals surface area contributed by atoms with E-state index in [1.54, 1.807) is 48.6 Å². The number of fused-ring (bicyclic) bond motifs is 1. The Labute approximate surface area is 191 Å². The number of rotatable bonds is 6. The summed E-state index contributed by atoms with van der Waals surface area (Å²) in [6, 6.07) is 11.6. The van der Waals surface area contributed by atoms with Gasteiger partial charge in [0, 0.05) is 23.8 Å². The molecule has 0 atom stereocenters. The van der Waals surface area contributed by atoms with Gasteiger partial charge in [-0.2, -0.15) is 5.10 Å². The van der Waals surface area contributed by atoms with Gasteiger partial charge in [-0.25, -0.2) is 4.39 Å². The molecule has 0 fully saturated rings. The molecule has 0 spiro atoms. The number of halogens is 1. The number of hydrogen-bond acceptors (Lipinski definition) is 5. The number of aromatic nitrogens is 3. The lowest BCUT2D eigenvalue weighted by Crippen LogP contribution is -2.22. The van der Waals surface area contributed by atoms with Crippen LogP contribution in [0.3, 0.4) is 0 Å². The first-order valence-corrected chi connectivity index (χ1v) is 10.5. The van der Waals surface area contributed by atoms with Crippen LogP contribution in [0.5, 0.6) is 17.2 Å². The van der Waals surface area contributed by atoms with Crippen molar-refractivity contribution in [2.24, 2.45) is 0 Å². The first kappa shape index (κ1) is 22.3. The number of ether oxygens (including phenoxy) is 2. The van der Waals surface area contributed by atoms with E-state index in [-0.39, 0.29) is 23.4 Å². The Morgan fingerprint density at radius 2 is 1.91 bits per heavy atom. The Morgan fingerprint density at radius 1 is 1.12 bits per heavy atom. The fourth-order valence-corrected chi connectivity index (χ4v) is 3.31. The predicted octanol–water partition coefficient (Wildman–Crippen LogP) is 5.31. The monoisotopic (exact) mass is 448 g/mol. The normalized spacial score (nSPS) is 11.4. The van der Waals surface area contributed by atoms with Gasteiger partial charge in [0.2, 0.25) is 5.91 Å². The Hall–Kier alpha value is -3.94. The zero-order chi connectivity index (χ0) is 23.6. The van der Waals surface area contributed by atoms with Crippen LogP contribution < -0.4 is 14.8 Å². The van der Waals surface area contributed by atoms with Crippen molar-refractivity contribution < 1.29 is 18.7 Å². The minimum absolute atomic E-state index is 0.109. The zero-order valence-corrected chi connectivity index (χ0v) is 18.9. The van der Waals surface area contributed by atoms with E-state index >= 15 is 0 Å². The second kappa shape index (κ2) is 8.90. The second-order valence-corrected chi connectivity index (χ2v) is 8.62. The van der Waals surface area contributed by atoms with Crippen molar-refractivity contribution in [1.29, 1.82) is 0 Å². The molecule has 8 heteroatoms. The third kappa shape index (κ3) is 5.11. The standard InChI is InChI=1S/C25H25FN4O3/c1-25(2,3)30-15-17(14-28-30)29-24(31)11-16-5-6-19(13-21(16)26)33-23-9-10-27-22-8-7-18(32-4)12-20(22)23/h5-10,12-15H,11H2,1-4H3,(H,29,31). The quantitative estimate of drug-likeness (QED) is 0.433. The summed E-state index contributed by atoms with van der Waals surface area (Å²) in [6.07, 6.45) is 4.84. The van der Waals surface area contributed by atoms with Crippen LogP contribution in [0.25, 0.3) is 10.9 Å². The van der Waals surface area contributed by atoms with E-state index in [1.165, 1.54) is 6.07 Å². The molecule has 4 aromatic rings. The summed E-state index contributed by atoms with van der Waals surface area (Å²) in [7, 11) is 1.58. The van der Waals surface area contributed by atoms with Gasteiger partial charge in [-0.05, 0) is 56.7 Å². The van der Waals surface area contributed by atoms with Gasteiger partial charge in [0.1, 0.15) is 23.1 Å². The van der Waals surface area contributed by atoms with Crippen molar-refractivity contribution in [3.8, 4) is 17.2 Å². The number of carbonyl (C=O) groups is 1. The van der Waals surface area contributed by atoms with E-state index in [4.69, 9.17) is 9.47 Å². The molecule has 0 aliphatic rings. The van der Waals surface area contributed by atoms with Crippen LogP contribution in [0.2, 0.25) is 0 Å². The first-order chi connectivity index (χ1) is 15.7. The van der Waals surface area contributed by atoms with E-state index in [0.29, 0.717) is 22.9 Å². The Balaban J connectivity index is 1.47. The summed E-state index contributed by atoms with van der Waals surface area (Å²) in [5.74, 6) is 0.659. The maximum Gasteiger partial charge on any atom is 0.228 e. The SMILES string of the molecule is COc1ccc2nccc(Oc3ccc(CC(=O)Nc4cnn(C(C)(C)C)c4)c(F)c3)c2c1. The lowest BCUT2D eigenvalue weighted by Gasteiger charge is -2.18. The highest BCUT2D eigenvalue weighted by molar-refractivity contribution is 5.92. The van der Waals surface area contributed by atoms with Crippen LogP contribution in [-0.2, 0) is 16.8 Å². The lowest BCUT2D eigenvalue weighted by molar-refractivity contribution is -0.115. The number of nitrogens with zero attached hydrogens (tertiary/aromatic N) is 3. The van der Waals surface area contributed by atoms with Crippen molar-refractivity contribution in [2.45, 2.75) is 32.7 Å². The Morgan fingerprint density at radius 3 is 2.61 bits per heavy atom. The van der Waals surface area contributed by atoms with E-state index in [9.17, 15) is 9.18 Å². The van der Waals surface area contributed by atoms with Crippen LogP contribution in [-0.4, -0.2) is 27.8 Å². The number of hydrogen-bond donors (Lipinski definition) is 1. The maximum atomic E-state index is 14.7. The summed E-state index contributed by atoms with van der Waals surface area (Å²) in [6.45, 7) is 6.03. The summed E-state index contributed by atoms with van der Waals surface area (Å²) in [5, 5.41) is 7.75. The molecule has 2 heterocycles. The first-order valence-electron chi connectivity index (χ1n) is 10.5. The van der Waals surface area contributed by atoms with Gasteiger partial charge in [0.05, 0.1) is 36.5 Å². The van der Waals surface area contributed by atoms with Crippen molar-refractivity contribution in [1.82, 2.24) is 14.8 Å². The fourth-order valence-electron chi connectivity index (χ4n) is 3.31. The van der Waals surface area contributed by atoms with Crippen LogP contribution >= 0.6 is 0 Å². The van der Waals surface area contributed by atoms with Crippen molar-refractivity contribution in [3.63, 3.8) is 0 Å². The molecule has 33 heavy (non-hydrogen) atoms. The molecule has 0 bridgehead atoms. The maximum absolute atomic E-state index is 14.7. The highest BCUT2D eigenvalue weighted by atomic mass is 19.1. The highest BCUT2D eigenvalue weighted by Crippen LogP contribution is 2.32. The average Bonchev–Trinajstić information content (AvgIpc) is 3.24. The number of amides is 1. The zero-order valence-electron chi connectivity index (χ0n) is 18.9. The van der Waals surface area contributed by atoms with Crippen LogP contribution in [0.1, 0.15) is 26.3 Å². The molecular formula is C25H25FN4O3. The number of anilines is 1. The van der Waals surface area contributed by atoms with Crippen molar-refractivity contribution >= 4 is 22.5 Å². The number of methoxy groups -OCH3 is 1. The van der Waals surface area contributed by atoms with Gasteiger partial charge in [-0.15, -0.1) is 0 Å². The molecule has 7 nitrogen and oxygen atoms in total. The number of nitrogens with one attached hydrogen (secondary N) is 1. The molecule has 170 valence electrons. The summed E-state index contributed by atoms with van der Waals surface area (Å²) >= 11 is 0. The Bertz CT molecular complexity index is 1310. The molecule has 2 aromatic carbocycles. The molecule has 0 radical (unpaired) electrons. The van der Waals surface area contributed by atoms with Crippen LogP contribution in [0, 0.1) is 5.82 Å². The molecule has 1 N–H and O–H groups in total. The Kier molecular flexibility index (Phi) is 6.00. The van der Waals surface area contributed by atoms with Gasteiger partial charge in [0.15, 0.2) is 0 Å². The smallest absolute Gasteiger partial charge is 0.228 e. The molecule has 0 saturated heterocycles. The molecule has 1 amide bonds. The van der Waals surface area contributed by atoms with Crippen molar-refractivity contribution in [2.75, 3.05) is 12.4 Å². The number of carbonyl (C=O) groups excluding carboxylic acids is 1. The molecule has 0 saturated carbocycles. The molecule has 0 aliphatic heterocycles. The predicted molar refractivity (Wildman–Crippen MR) is 124 cm³/mol. The van der Waals surface area contributed by atoms with Crippen LogP contribution in [0.15, 0.2) is 61.1 Å². The highest BCUT2D eigenvalue weighted by Gasteiger charge is 2.16. The molecule has 2 aromatic heterocycles. The van der Waals surface area contributed by atoms with Crippen LogP contribution in [0.4, 0.5) is 10.1 Å². The topological polar surface area (TPSA) is 78.3 Å². The third-order valence-electron chi connectivity index (χ3n) is 5.07. The van der Waals surface area contributed by atoms with Gasteiger partial charge >= 0.3 is 0 Å². The molecular weight excluding hydrogens is 423 g/mol. The lowest BCUT2D eigenvalue weighted by atomic mass is 10.1. The van der Waals surface area contributed by atoms with E-state index in [1.807, 2.05) is 39.0 Å². The van der Waals surface area contributed by atoms with E-state index in [2.05, 4.69) is 15.4 Å². The summed E-state index contributed by atoms with van der Waals surface area (Å²) in [4.78, 5) is 16.7. The van der Waals surface area contributed by atoms with Gasteiger partial charge < -0.3 is 14.8 Å². The number of benzene rings is 2. The van der Waals surface area contributed by atoms with Crippen molar-refractivity contribution in [3.05, 3.63) is 72.4 Å². The number of pyridine rings is 1. The van der Waals surface area contributed by atoms with Gasteiger partial charge in [-0.1, -0.05) is 6.07 Å². The van der Waals surface area contributed by atoms with E-state index in [0.717, 1.165) is 10.9 Å². The van der Waals surface area contributed by atoms with Gasteiger partial charge in [0.25, 0.3) is 0 Å². The molecule has 4 rings (SSSR count). The molecule has 0 aliphatic carbocycles. The van der Waals surface area contributed by atoms with Gasteiger partial charge in [-0.3, -0.25) is 14.5 Å². The minimum atomic E-state index is -0.524. The summed E-state index contributed by atoms with van der Waals surface area (Å²) < 4.78 is 27.7. The molecule has 0 unspecified atom stereocenters. The average molecular weight is 448 g/mol.